The van der Waals surface area contributed by atoms with E-state index in [0.717, 1.165) is 54.5 Å². The van der Waals surface area contributed by atoms with Gasteiger partial charge >= 0.3 is 0 Å². The Labute approximate surface area is 214 Å². The number of thiophene rings is 1. The fourth-order valence-electron chi connectivity index (χ4n) is 5.31. The van der Waals surface area contributed by atoms with Crippen molar-refractivity contribution in [2.75, 3.05) is 0 Å². The molecule has 186 valence electrons. The van der Waals surface area contributed by atoms with Crippen molar-refractivity contribution in [1.82, 2.24) is 9.88 Å². The molecule has 2 heterocycles. The fourth-order valence-corrected chi connectivity index (χ4v) is 6.40. The van der Waals surface area contributed by atoms with Crippen LogP contribution in [0, 0.1) is 11.6 Å². The average molecular weight is 505 g/mol. The molecule has 36 heavy (non-hydrogen) atoms. The molecule has 3 nitrogen and oxygen atoms in total. The van der Waals surface area contributed by atoms with Gasteiger partial charge in [0.1, 0.15) is 17.4 Å². The van der Waals surface area contributed by atoms with E-state index in [4.69, 9.17) is 0 Å². The van der Waals surface area contributed by atoms with Crippen molar-refractivity contribution in [3.8, 4) is 16.9 Å². The molecular formula is C30H30F2N2OS. The van der Waals surface area contributed by atoms with Crippen LogP contribution in [0.15, 0.2) is 61.4 Å². The normalized spacial score (nSPS) is 14.3. The SMILES string of the molecule is C=C(c1sc2cccc(F)c2c1O)N(Cc1cc(-c2cncc(F)c2)ccc1CC)C1CCCCC1. The number of pyridine rings is 1. The van der Waals surface area contributed by atoms with Gasteiger partial charge in [0.05, 0.1) is 22.2 Å². The van der Waals surface area contributed by atoms with E-state index in [-0.39, 0.29) is 23.0 Å². The molecule has 0 unspecified atom stereocenters. The van der Waals surface area contributed by atoms with Crippen molar-refractivity contribution in [2.24, 2.45) is 0 Å². The number of halogens is 2. The molecular weight excluding hydrogens is 474 g/mol. The highest BCUT2D eigenvalue weighted by Gasteiger charge is 2.27. The zero-order valence-electron chi connectivity index (χ0n) is 20.4. The van der Waals surface area contributed by atoms with Gasteiger partial charge < -0.3 is 10.0 Å². The Balaban J connectivity index is 1.55. The third-order valence-electron chi connectivity index (χ3n) is 7.23. The molecule has 5 rings (SSSR count). The van der Waals surface area contributed by atoms with Crippen molar-refractivity contribution in [1.29, 1.82) is 0 Å². The summed E-state index contributed by atoms with van der Waals surface area (Å²) in [4.78, 5) is 6.93. The maximum Gasteiger partial charge on any atom is 0.146 e. The number of hydrogen-bond acceptors (Lipinski definition) is 4. The molecule has 0 aliphatic heterocycles. The van der Waals surface area contributed by atoms with Crippen LogP contribution in [0.3, 0.4) is 0 Å². The van der Waals surface area contributed by atoms with Crippen molar-refractivity contribution < 1.29 is 13.9 Å². The maximum absolute atomic E-state index is 14.5. The summed E-state index contributed by atoms with van der Waals surface area (Å²) in [6.45, 7) is 7.16. The average Bonchev–Trinajstić information content (AvgIpc) is 3.24. The van der Waals surface area contributed by atoms with E-state index in [9.17, 15) is 13.9 Å². The first-order valence-corrected chi connectivity index (χ1v) is 13.4. The van der Waals surface area contributed by atoms with Crippen LogP contribution in [0.4, 0.5) is 8.78 Å². The lowest BCUT2D eigenvalue weighted by Gasteiger charge is -2.37. The van der Waals surface area contributed by atoms with Crippen molar-refractivity contribution in [3.63, 3.8) is 0 Å². The minimum atomic E-state index is -0.422. The molecule has 0 amide bonds. The number of aromatic nitrogens is 1. The lowest BCUT2D eigenvalue weighted by molar-refractivity contribution is 0.224. The van der Waals surface area contributed by atoms with Crippen LogP contribution in [-0.2, 0) is 13.0 Å². The summed E-state index contributed by atoms with van der Waals surface area (Å²) in [7, 11) is 0. The number of hydrogen-bond donors (Lipinski definition) is 1. The maximum atomic E-state index is 14.5. The molecule has 0 atom stereocenters. The Bertz CT molecular complexity index is 1410. The summed E-state index contributed by atoms with van der Waals surface area (Å²) < 4.78 is 29.1. The molecule has 0 bridgehead atoms. The number of rotatable bonds is 7. The summed E-state index contributed by atoms with van der Waals surface area (Å²) >= 11 is 1.38. The minimum absolute atomic E-state index is 0.0331. The zero-order chi connectivity index (χ0) is 25.2. The lowest BCUT2D eigenvalue weighted by Crippen LogP contribution is -2.35. The van der Waals surface area contributed by atoms with Gasteiger partial charge in [-0.15, -0.1) is 11.3 Å². The van der Waals surface area contributed by atoms with Gasteiger partial charge in [0.25, 0.3) is 0 Å². The van der Waals surface area contributed by atoms with Gasteiger partial charge in [-0.2, -0.15) is 0 Å². The molecule has 0 saturated heterocycles. The number of aryl methyl sites for hydroxylation is 1. The molecule has 6 heteroatoms. The summed E-state index contributed by atoms with van der Waals surface area (Å²) in [5, 5.41) is 11.3. The Kier molecular flexibility index (Phi) is 7.06. The second kappa shape index (κ2) is 10.4. The second-order valence-electron chi connectivity index (χ2n) is 9.49. The van der Waals surface area contributed by atoms with Crippen molar-refractivity contribution in [3.05, 3.63) is 89.1 Å². The monoisotopic (exact) mass is 504 g/mol. The predicted octanol–water partition coefficient (Wildman–Crippen LogP) is 8.32. The molecule has 0 radical (unpaired) electrons. The number of nitrogens with zero attached hydrogens (tertiary/aromatic N) is 2. The van der Waals surface area contributed by atoms with E-state index in [1.807, 2.05) is 12.1 Å². The molecule has 0 spiro atoms. The molecule has 1 saturated carbocycles. The zero-order valence-corrected chi connectivity index (χ0v) is 21.3. The highest BCUT2D eigenvalue weighted by molar-refractivity contribution is 7.20. The third-order valence-corrected chi connectivity index (χ3v) is 8.42. The first-order valence-electron chi connectivity index (χ1n) is 12.5. The van der Waals surface area contributed by atoms with E-state index in [0.29, 0.717) is 16.1 Å². The Hall–Kier alpha value is -3.25. The van der Waals surface area contributed by atoms with Crippen molar-refractivity contribution >= 4 is 27.1 Å². The fraction of sp³-hybridized carbons (Fsp3) is 0.300. The molecule has 1 aliphatic carbocycles. The summed E-state index contributed by atoms with van der Waals surface area (Å²) in [5.41, 5.74) is 4.72. The van der Waals surface area contributed by atoms with Gasteiger partial charge in [0.15, 0.2) is 0 Å². The van der Waals surface area contributed by atoms with Gasteiger partial charge in [0, 0.05) is 29.0 Å². The standard InChI is InChI=1S/C30H30F2N2OS/c1-3-20-12-13-21(22-15-24(31)17-33-16-22)14-23(20)18-34(25-8-5-4-6-9-25)19(2)30-29(35)28-26(32)10-7-11-27(28)36-30/h7,10-17,25,35H,2-6,8-9,18H2,1H3. The molecule has 1 N–H and O–H groups in total. The predicted molar refractivity (Wildman–Crippen MR) is 144 cm³/mol. The highest BCUT2D eigenvalue weighted by Crippen LogP contribution is 2.44. The summed E-state index contributed by atoms with van der Waals surface area (Å²) in [6.07, 6.45) is 9.37. The Morgan fingerprint density at radius 3 is 2.58 bits per heavy atom. The summed E-state index contributed by atoms with van der Waals surface area (Å²) in [6, 6.07) is 12.9. The van der Waals surface area contributed by atoms with E-state index in [2.05, 4.69) is 35.5 Å². The van der Waals surface area contributed by atoms with Crippen LogP contribution in [0.25, 0.3) is 26.9 Å². The second-order valence-corrected chi connectivity index (χ2v) is 10.5. The Morgan fingerprint density at radius 2 is 1.86 bits per heavy atom. The third kappa shape index (κ3) is 4.74. The van der Waals surface area contributed by atoms with Crippen LogP contribution < -0.4 is 0 Å². The topological polar surface area (TPSA) is 36.4 Å². The number of fused-ring (bicyclic) bond motifs is 1. The van der Waals surface area contributed by atoms with E-state index < -0.39 is 5.82 Å². The quantitative estimate of drug-likeness (QED) is 0.275. The number of benzene rings is 2. The van der Waals surface area contributed by atoms with Crippen LogP contribution in [0.2, 0.25) is 0 Å². The van der Waals surface area contributed by atoms with Crippen molar-refractivity contribution in [2.45, 2.75) is 58.0 Å². The van der Waals surface area contributed by atoms with E-state index in [1.165, 1.54) is 41.7 Å². The Morgan fingerprint density at radius 1 is 1.06 bits per heavy atom. The van der Waals surface area contributed by atoms with Crippen LogP contribution in [0.5, 0.6) is 5.75 Å². The smallest absolute Gasteiger partial charge is 0.146 e. The van der Waals surface area contributed by atoms with E-state index in [1.54, 1.807) is 12.3 Å². The molecule has 1 aliphatic rings. The van der Waals surface area contributed by atoms with Crippen LogP contribution in [0.1, 0.15) is 55.0 Å². The van der Waals surface area contributed by atoms with Crippen LogP contribution in [-0.4, -0.2) is 21.0 Å². The lowest BCUT2D eigenvalue weighted by atomic mass is 9.92. The first kappa shape index (κ1) is 24.4. The van der Waals surface area contributed by atoms with Gasteiger partial charge in [0.2, 0.25) is 0 Å². The molecule has 2 aromatic heterocycles. The van der Waals surface area contributed by atoms with Crippen LogP contribution >= 0.6 is 11.3 Å². The number of aromatic hydroxyl groups is 1. The van der Waals surface area contributed by atoms with E-state index >= 15 is 0 Å². The van der Waals surface area contributed by atoms with Gasteiger partial charge in [-0.1, -0.05) is 51.0 Å². The van der Waals surface area contributed by atoms with Gasteiger partial charge in [-0.05, 0) is 60.2 Å². The minimum Gasteiger partial charge on any atom is -0.506 e. The summed E-state index contributed by atoms with van der Waals surface area (Å²) in [5.74, 6) is -0.818. The highest BCUT2D eigenvalue weighted by atomic mass is 32.1. The first-order chi connectivity index (χ1) is 17.5. The molecule has 4 aromatic rings. The van der Waals surface area contributed by atoms with Gasteiger partial charge in [-0.3, -0.25) is 4.98 Å². The molecule has 1 fully saturated rings. The van der Waals surface area contributed by atoms with Gasteiger partial charge in [-0.25, -0.2) is 8.78 Å². The molecule has 2 aromatic carbocycles. The largest absolute Gasteiger partial charge is 0.506 e.